The molecule has 1 heterocycles. The summed E-state index contributed by atoms with van der Waals surface area (Å²) in [5.41, 5.74) is 6.97. The van der Waals surface area contributed by atoms with Crippen LogP contribution < -0.4 is 5.73 Å². The van der Waals surface area contributed by atoms with E-state index in [4.69, 9.17) is 10.8 Å². The molecule has 0 aliphatic rings. The highest BCUT2D eigenvalue weighted by atomic mass is 19.1. The lowest BCUT2D eigenvalue weighted by atomic mass is 9.99. The first-order chi connectivity index (χ1) is 7.11. The molecule has 5 heteroatoms. The average Bonchev–Trinajstić information content (AvgIpc) is 2.22. The number of halogens is 1. The molecule has 0 aromatic carbocycles. The molecule has 84 valence electrons. The van der Waals surface area contributed by atoms with Crippen LogP contribution in [0.25, 0.3) is 0 Å². The number of aliphatic hydroxyl groups excluding tert-OH is 1. The maximum absolute atomic E-state index is 12.2. The van der Waals surface area contributed by atoms with Gasteiger partial charge in [-0.2, -0.15) is 0 Å². The predicted molar refractivity (Wildman–Crippen MR) is 54.1 cm³/mol. The molecule has 4 N–H and O–H groups in total. The lowest BCUT2D eigenvalue weighted by Crippen LogP contribution is -2.14. The zero-order chi connectivity index (χ0) is 11.4. The molecule has 0 fully saturated rings. The molecule has 0 saturated carbocycles. The van der Waals surface area contributed by atoms with E-state index in [1.807, 2.05) is 0 Å². The van der Waals surface area contributed by atoms with Crippen molar-refractivity contribution in [3.05, 3.63) is 23.0 Å². The fraction of sp³-hybridized carbons (Fsp3) is 0.500. The minimum atomic E-state index is -0.612. The van der Waals surface area contributed by atoms with Crippen molar-refractivity contribution in [1.29, 1.82) is 0 Å². The summed E-state index contributed by atoms with van der Waals surface area (Å²) in [6.07, 6.45) is 1.56. The Hall–Kier alpha value is -1.20. The molecule has 0 aliphatic heterocycles. The Balaban J connectivity index is 3.17. The number of alkyl halides is 1. The van der Waals surface area contributed by atoms with Gasteiger partial charge in [-0.25, -0.2) is 0 Å². The fourth-order valence-electron chi connectivity index (χ4n) is 1.45. The van der Waals surface area contributed by atoms with Crippen molar-refractivity contribution in [2.45, 2.75) is 26.0 Å². The van der Waals surface area contributed by atoms with E-state index in [0.717, 1.165) is 0 Å². The van der Waals surface area contributed by atoms with Gasteiger partial charge in [-0.15, -0.1) is 0 Å². The molecule has 0 bridgehead atoms. The molecule has 0 saturated heterocycles. The third-order valence-electron chi connectivity index (χ3n) is 2.32. The van der Waals surface area contributed by atoms with Gasteiger partial charge in [0.05, 0.1) is 19.0 Å². The molecule has 1 rings (SSSR count). The predicted octanol–water partition coefficient (Wildman–Crippen LogP) is 0.947. The summed E-state index contributed by atoms with van der Waals surface area (Å²) >= 11 is 0. The Morgan fingerprint density at radius 3 is 2.80 bits per heavy atom. The van der Waals surface area contributed by atoms with Gasteiger partial charge in [-0.1, -0.05) is 0 Å². The van der Waals surface area contributed by atoms with Crippen LogP contribution in [0.15, 0.2) is 6.20 Å². The van der Waals surface area contributed by atoms with Gasteiger partial charge in [-0.05, 0) is 13.3 Å². The first-order valence-electron chi connectivity index (χ1n) is 4.71. The van der Waals surface area contributed by atoms with Crippen molar-refractivity contribution >= 4 is 0 Å². The minimum Gasteiger partial charge on any atom is -0.506 e. The van der Waals surface area contributed by atoms with Gasteiger partial charge in [0.2, 0.25) is 0 Å². The third-order valence-corrected chi connectivity index (χ3v) is 2.32. The molecule has 0 amide bonds. The summed E-state index contributed by atoms with van der Waals surface area (Å²) in [6, 6.07) is -0.612. The standard InChI is InChI=1S/C10H15FN2O2/c1-6-10(15)9(8(12)2-3-11)7(5-14)4-13-6/h4,8,14-15H,2-3,5,12H2,1H3/t8-/m0/s1. The summed E-state index contributed by atoms with van der Waals surface area (Å²) in [6.45, 7) is 0.797. The first-order valence-corrected chi connectivity index (χ1v) is 4.71. The van der Waals surface area contributed by atoms with Crippen molar-refractivity contribution in [3.8, 4) is 5.75 Å². The molecule has 15 heavy (non-hydrogen) atoms. The van der Waals surface area contributed by atoms with Gasteiger partial charge in [0.15, 0.2) is 0 Å². The van der Waals surface area contributed by atoms with Crippen molar-refractivity contribution in [3.63, 3.8) is 0 Å². The van der Waals surface area contributed by atoms with E-state index >= 15 is 0 Å². The summed E-state index contributed by atoms with van der Waals surface area (Å²) in [4.78, 5) is 3.89. The zero-order valence-electron chi connectivity index (χ0n) is 8.57. The lowest BCUT2D eigenvalue weighted by Gasteiger charge is -2.16. The molecule has 4 nitrogen and oxygen atoms in total. The highest BCUT2D eigenvalue weighted by molar-refractivity contribution is 5.42. The van der Waals surface area contributed by atoms with Crippen LogP contribution >= 0.6 is 0 Å². The summed E-state index contributed by atoms with van der Waals surface area (Å²) < 4.78 is 12.2. The number of aryl methyl sites for hydroxylation is 1. The van der Waals surface area contributed by atoms with Crippen molar-refractivity contribution in [1.82, 2.24) is 4.98 Å². The highest BCUT2D eigenvalue weighted by Crippen LogP contribution is 2.30. The van der Waals surface area contributed by atoms with Crippen LogP contribution in [0, 0.1) is 6.92 Å². The molecule has 1 atom stereocenters. The molecule has 1 aromatic rings. The summed E-state index contributed by atoms with van der Waals surface area (Å²) in [7, 11) is 0. The van der Waals surface area contributed by atoms with Crippen LogP contribution in [-0.4, -0.2) is 21.9 Å². The van der Waals surface area contributed by atoms with Crippen LogP contribution in [0.3, 0.4) is 0 Å². The van der Waals surface area contributed by atoms with Gasteiger partial charge in [0.25, 0.3) is 0 Å². The number of hydrogen-bond donors (Lipinski definition) is 3. The Kier molecular flexibility index (Phi) is 3.99. The third kappa shape index (κ3) is 2.43. The maximum Gasteiger partial charge on any atom is 0.141 e. The number of rotatable bonds is 4. The summed E-state index contributed by atoms with van der Waals surface area (Å²) in [5.74, 6) is -0.0532. The first kappa shape index (κ1) is 11.9. The molecule has 0 unspecified atom stereocenters. The molecule has 0 aliphatic carbocycles. The second kappa shape index (κ2) is 5.04. The number of nitrogens with zero attached hydrogens (tertiary/aromatic N) is 1. The normalized spacial score (nSPS) is 12.8. The van der Waals surface area contributed by atoms with Gasteiger partial charge < -0.3 is 15.9 Å². The number of aliphatic hydroxyl groups is 1. The van der Waals surface area contributed by atoms with Gasteiger partial charge in [0, 0.05) is 23.4 Å². The highest BCUT2D eigenvalue weighted by Gasteiger charge is 2.17. The number of hydrogen-bond acceptors (Lipinski definition) is 4. The Labute approximate surface area is 87.6 Å². The van der Waals surface area contributed by atoms with Gasteiger partial charge in [0.1, 0.15) is 5.75 Å². The van der Waals surface area contributed by atoms with Crippen LogP contribution in [0.5, 0.6) is 5.75 Å². The average molecular weight is 214 g/mol. The number of pyridine rings is 1. The van der Waals surface area contributed by atoms with E-state index in [2.05, 4.69) is 4.98 Å². The van der Waals surface area contributed by atoms with Gasteiger partial charge >= 0.3 is 0 Å². The van der Waals surface area contributed by atoms with Crippen LogP contribution in [0.4, 0.5) is 4.39 Å². The second-order valence-corrected chi connectivity index (χ2v) is 3.37. The smallest absolute Gasteiger partial charge is 0.141 e. The van der Waals surface area contributed by atoms with Crippen LogP contribution in [0.2, 0.25) is 0 Å². The van der Waals surface area contributed by atoms with E-state index < -0.39 is 12.7 Å². The summed E-state index contributed by atoms with van der Waals surface area (Å²) in [5, 5.41) is 18.8. The van der Waals surface area contributed by atoms with Gasteiger partial charge in [-0.3, -0.25) is 9.37 Å². The van der Waals surface area contributed by atoms with E-state index in [1.54, 1.807) is 6.92 Å². The van der Waals surface area contributed by atoms with Crippen molar-refractivity contribution in [2.24, 2.45) is 5.73 Å². The number of aromatic nitrogens is 1. The zero-order valence-corrected chi connectivity index (χ0v) is 8.57. The van der Waals surface area contributed by atoms with Crippen LogP contribution in [-0.2, 0) is 6.61 Å². The van der Waals surface area contributed by atoms with Crippen LogP contribution in [0.1, 0.15) is 29.3 Å². The second-order valence-electron chi connectivity index (χ2n) is 3.37. The topological polar surface area (TPSA) is 79.4 Å². The SMILES string of the molecule is Cc1ncc(CO)c([C@@H](N)CCF)c1O. The van der Waals surface area contributed by atoms with E-state index in [-0.39, 0.29) is 18.8 Å². The fourth-order valence-corrected chi connectivity index (χ4v) is 1.45. The Morgan fingerprint density at radius 1 is 1.60 bits per heavy atom. The Morgan fingerprint density at radius 2 is 2.27 bits per heavy atom. The van der Waals surface area contributed by atoms with Crippen molar-refractivity contribution in [2.75, 3.05) is 6.67 Å². The molecule has 1 aromatic heterocycles. The molecular weight excluding hydrogens is 199 g/mol. The molecule has 0 spiro atoms. The minimum absolute atomic E-state index is 0.0532. The van der Waals surface area contributed by atoms with E-state index in [0.29, 0.717) is 16.8 Å². The number of aromatic hydroxyl groups is 1. The molecular formula is C10H15FN2O2. The Bertz CT molecular complexity index is 344. The quantitative estimate of drug-likeness (QED) is 0.697. The van der Waals surface area contributed by atoms with E-state index in [1.165, 1.54) is 6.20 Å². The van der Waals surface area contributed by atoms with E-state index in [9.17, 15) is 9.50 Å². The maximum atomic E-state index is 12.2. The monoisotopic (exact) mass is 214 g/mol. The lowest BCUT2D eigenvalue weighted by molar-refractivity contribution is 0.277. The number of nitrogens with two attached hydrogens (primary N) is 1. The largest absolute Gasteiger partial charge is 0.506 e. The van der Waals surface area contributed by atoms with Crippen molar-refractivity contribution < 1.29 is 14.6 Å². The molecule has 0 radical (unpaired) electrons.